The van der Waals surface area contributed by atoms with Crippen molar-refractivity contribution in [3.63, 3.8) is 0 Å². The number of fused-ring (bicyclic) bond motifs is 1. The Morgan fingerprint density at radius 2 is 1.41 bits per heavy atom. The number of nitro benzene ring substituents is 1. The van der Waals surface area contributed by atoms with Crippen molar-refractivity contribution >= 4 is 11.4 Å². The van der Waals surface area contributed by atoms with Gasteiger partial charge in [0.25, 0.3) is 5.69 Å². The summed E-state index contributed by atoms with van der Waals surface area (Å²) in [5.41, 5.74) is 4.60. The van der Waals surface area contributed by atoms with Crippen molar-refractivity contribution in [1.29, 1.82) is 0 Å². The zero-order valence-electron chi connectivity index (χ0n) is 14.5. The Bertz CT molecular complexity index is 1020. The molecule has 1 fully saturated rings. The van der Waals surface area contributed by atoms with Gasteiger partial charge in [-0.05, 0) is 16.7 Å². The number of nitrogens with zero attached hydrogens (tertiary/aromatic N) is 3. The maximum absolute atomic E-state index is 10.9. The molecule has 5 nitrogen and oxygen atoms in total. The molecule has 1 unspecified atom stereocenters. The van der Waals surface area contributed by atoms with E-state index in [1.165, 1.54) is 0 Å². The van der Waals surface area contributed by atoms with E-state index in [-0.39, 0.29) is 28.9 Å². The maximum atomic E-state index is 10.9. The van der Waals surface area contributed by atoms with Crippen molar-refractivity contribution in [3.05, 3.63) is 112 Å². The molecule has 3 aromatic rings. The summed E-state index contributed by atoms with van der Waals surface area (Å²) >= 11 is 0. The molecule has 2 aliphatic heterocycles. The van der Waals surface area contributed by atoms with Gasteiger partial charge in [-0.2, -0.15) is 0 Å². The fraction of sp³-hybridized carbons (Fsp3) is 0.136. The molecule has 0 bridgehead atoms. The largest absolute Gasteiger partial charge is 0.269 e. The number of benzene rings is 3. The standard InChI is InChI=1S/C22H17N3O2/c26-25(27)18-13-11-16(12-14-18)20-21-19(15-7-3-1-4-8-15)23-22(24(20)21)17-9-5-2-6-10-17/h1-14,20-22H/t20-,21+,22-,24?/m1/s1. The topological polar surface area (TPSA) is 58.5 Å². The van der Waals surface area contributed by atoms with Crippen LogP contribution in [0.2, 0.25) is 0 Å². The Kier molecular flexibility index (Phi) is 3.62. The van der Waals surface area contributed by atoms with Crippen molar-refractivity contribution in [2.24, 2.45) is 4.99 Å². The molecule has 5 heteroatoms. The van der Waals surface area contributed by atoms with E-state index < -0.39 is 0 Å². The van der Waals surface area contributed by atoms with Crippen molar-refractivity contribution < 1.29 is 4.92 Å². The molecule has 3 aromatic carbocycles. The second-order valence-corrected chi connectivity index (χ2v) is 6.85. The highest BCUT2D eigenvalue weighted by Crippen LogP contribution is 2.55. The number of non-ortho nitro benzene ring substituents is 1. The van der Waals surface area contributed by atoms with Gasteiger partial charge in [0.15, 0.2) is 0 Å². The molecular formula is C22H17N3O2. The predicted molar refractivity (Wildman–Crippen MR) is 104 cm³/mol. The van der Waals surface area contributed by atoms with Crippen LogP contribution in [-0.2, 0) is 0 Å². The molecule has 4 atom stereocenters. The minimum Gasteiger partial charge on any atom is -0.263 e. The van der Waals surface area contributed by atoms with E-state index in [0.29, 0.717) is 0 Å². The van der Waals surface area contributed by atoms with E-state index in [0.717, 1.165) is 22.4 Å². The fourth-order valence-electron chi connectivity index (χ4n) is 3.99. The highest BCUT2D eigenvalue weighted by molar-refractivity contribution is 6.08. The van der Waals surface area contributed by atoms with Crippen molar-refractivity contribution in [2.75, 3.05) is 0 Å². The van der Waals surface area contributed by atoms with E-state index in [1.807, 2.05) is 48.5 Å². The summed E-state index contributed by atoms with van der Waals surface area (Å²) in [4.78, 5) is 18.0. The summed E-state index contributed by atoms with van der Waals surface area (Å²) in [7, 11) is 0. The minimum atomic E-state index is -0.360. The molecule has 0 aromatic heterocycles. The Labute approximate surface area is 156 Å². The van der Waals surface area contributed by atoms with Gasteiger partial charge in [-0.15, -0.1) is 0 Å². The third-order valence-electron chi connectivity index (χ3n) is 5.29. The van der Waals surface area contributed by atoms with Gasteiger partial charge in [0.2, 0.25) is 0 Å². The molecular weight excluding hydrogens is 338 g/mol. The second kappa shape index (κ2) is 6.14. The zero-order chi connectivity index (χ0) is 18.4. The van der Waals surface area contributed by atoms with E-state index in [2.05, 4.69) is 29.2 Å². The summed E-state index contributed by atoms with van der Waals surface area (Å²) in [6.07, 6.45) is -0.0217. The molecule has 2 heterocycles. The van der Waals surface area contributed by atoms with Crippen LogP contribution >= 0.6 is 0 Å². The molecule has 27 heavy (non-hydrogen) atoms. The number of aliphatic imine (C=N–C) groups is 1. The van der Waals surface area contributed by atoms with E-state index in [9.17, 15) is 10.1 Å². The van der Waals surface area contributed by atoms with Crippen LogP contribution in [0.5, 0.6) is 0 Å². The van der Waals surface area contributed by atoms with Crippen molar-refractivity contribution in [3.8, 4) is 0 Å². The summed E-state index contributed by atoms with van der Waals surface area (Å²) < 4.78 is 0. The maximum Gasteiger partial charge on any atom is 0.269 e. The van der Waals surface area contributed by atoms with E-state index in [1.54, 1.807) is 12.1 Å². The highest BCUT2D eigenvalue weighted by Gasteiger charge is 2.59. The van der Waals surface area contributed by atoms with Crippen LogP contribution in [0.15, 0.2) is 89.9 Å². The quantitative estimate of drug-likeness (QED) is 0.393. The van der Waals surface area contributed by atoms with Crippen LogP contribution in [0.1, 0.15) is 28.9 Å². The molecule has 0 aliphatic carbocycles. The lowest BCUT2D eigenvalue weighted by Crippen LogP contribution is -2.08. The summed E-state index contributed by atoms with van der Waals surface area (Å²) in [5, 5.41) is 10.9. The normalized spacial score (nSPS) is 25.6. The second-order valence-electron chi connectivity index (χ2n) is 6.85. The molecule has 0 amide bonds. The smallest absolute Gasteiger partial charge is 0.263 e. The minimum absolute atomic E-state index is 0.0217. The third-order valence-corrected chi connectivity index (χ3v) is 5.29. The first-order valence-electron chi connectivity index (χ1n) is 8.94. The predicted octanol–water partition coefficient (Wildman–Crippen LogP) is 4.52. The van der Waals surface area contributed by atoms with Gasteiger partial charge in [0, 0.05) is 12.1 Å². The number of rotatable bonds is 4. The lowest BCUT2D eigenvalue weighted by Gasteiger charge is -2.14. The molecule has 0 radical (unpaired) electrons. The fourth-order valence-corrected chi connectivity index (χ4v) is 3.99. The van der Waals surface area contributed by atoms with Crippen LogP contribution in [0.4, 0.5) is 5.69 Å². The third kappa shape index (κ3) is 2.64. The van der Waals surface area contributed by atoms with Gasteiger partial charge >= 0.3 is 0 Å². The molecule has 2 aliphatic rings. The first kappa shape index (κ1) is 15.9. The average Bonchev–Trinajstić information content (AvgIpc) is 3.33. The Balaban J connectivity index is 1.53. The first-order valence-corrected chi connectivity index (χ1v) is 8.94. The lowest BCUT2D eigenvalue weighted by atomic mass is 10.0. The van der Waals surface area contributed by atoms with Crippen LogP contribution in [-0.4, -0.2) is 21.6 Å². The Morgan fingerprint density at radius 3 is 2.04 bits per heavy atom. The van der Waals surface area contributed by atoms with E-state index >= 15 is 0 Å². The summed E-state index contributed by atoms with van der Waals surface area (Å²) in [6, 6.07) is 27.8. The zero-order valence-corrected chi connectivity index (χ0v) is 14.5. The highest BCUT2D eigenvalue weighted by atomic mass is 16.6. The van der Waals surface area contributed by atoms with Crippen LogP contribution in [0.3, 0.4) is 0 Å². The van der Waals surface area contributed by atoms with Gasteiger partial charge in [-0.25, -0.2) is 0 Å². The molecule has 0 saturated carbocycles. The van der Waals surface area contributed by atoms with Crippen LogP contribution < -0.4 is 0 Å². The average molecular weight is 355 g/mol. The van der Waals surface area contributed by atoms with Gasteiger partial charge in [0.1, 0.15) is 6.17 Å². The number of hydrogen-bond acceptors (Lipinski definition) is 4. The number of nitro groups is 1. The van der Waals surface area contributed by atoms with Crippen molar-refractivity contribution in [2.45, 2.75) is 18.2 Å². The SMILES string of the molecule is O=[N+]([O-])c1ccc([C@@H]2[C@@H]3C(c4ccccc4)=N[C@@H](c4ccccc4)N23)cc1. The molecule has 5 rings (SSSR count). The van der Waals surface area contributed by atoms with Gasteiger partial charge in [0.05, 0.1) is 22.7 Å². The molecule has 0 spiro atoms. The van der Waals surface area contributed by atoms with Crippen LogP contribution in [0.25, 0.3) is 0 Å². The molecule has 132 valence electrons. The Hall–Kier alpha value is -3.31. The van der Waals surface area contributed by atoms with E-state index in [4.69, 9.17) is 4.99 Å². The van der Waals surface area contributed by atoms with Crippen molar-refractivity contribution in [1.82, 2.24) is 4.90 Å². The van der Waals surface area contributed by atoms with Gasteiger partial charge in [-0.1, -0.05) is 72.8 Å². The Morgan fingerprint density at radius 1 is 0.778 bits per heavy atom. The summed E-state index contributed by atoms with van der Waals surface area (Å²) in [6.45, 7) is 0. The molecule has 1 saturated heterocycles. The number of hydrogen-bond donors (Lipinski definition) is 0. The lowest BCUT2D eigenvalue weighted by molar-refractivity contribution is -0.384. The van der Waals surface area contributed by atoms with Crippen LogP contribution in [0, 0.1) is 10.1 Å². The van der Waals surface area contributed by atoms with Gasteiger partial charge in [-0.3, -0.25) is 20.0 Å². The van der Waals surface area contributed by atoms with Gasteiger partial charge < -0.3 is 0 Å². The first-order chi connectivity index (χ1) is 13.2. The molecule has 0 N–H and O–H groups in total. The summed E-state index contributed by atoms with van der Waals surface area (Å²) in [5.74, 6) is 0. The monoisotopic (exact) mass is 355 g/mol.